The van der Waals surface area contributed by atoms with Crippen molar-refractivity contribution in [1.29, 1.82) is 5.26 Å². The Morgan fingerprint density at radius 1 is 1.24 bits per heavy atom. The summed E-state index contributed by atoms with van der Waals surface area (Å²) in [5.41, 5.74) is 0.632. The van der Waals surface area contributed by atoms with Gasteiger partial charge in [0.25, 0.3) is 0 Å². The van der Waals surface area contributed by atoms with Crippen LogP contribution in [0.5, 0.6) is 5.75 Å². The predicted octanol–water partition coefficient (Wildman–Crippen LogP) is 2.57. The van der Waals surface area contributed by atoms with E-state index in [-0.39, 0.29) is 11.7 Å². The fourth-order valence-corrected chi connectivity index (χ4v) is 2.04. The van der Waals surface area contributed by atoms with E-state index in [0.717, 1.165) is 12.2 Å². The van der Waals surface area contributed by atoms with E-state index in [1.54, 1.807) is 33.4 Å². The van der Waals surface area contributed by atoms with Crippen molar-refractivity contribution >= 4 is 0 Å². The SMILES string of the molecule is CC(C)n1ccn(CCCOc2ccc(C#N)cc2)c1=O. The third-order valence-electron chi connectivity index (χ3n) is 3.23. The first-order valence-electron chi connectivity index (χ1n) is 7.02. The van der Waals surface area contributed by atoms with E-state index in [1.165, 1.54) is 0 Å². The molecule has 0 bridgehead atoms. The molecule has 0 aliphatic carbocycles. The predicted molar refractivity (Wildman–Crippen MR) is 80.3 cm³/mol. The lowest BCUT2D eigenvalue weighted by Crippen LogP contribution is -2.25. The standard InChI is InChI=1S/C16H19N3O2/c1-13(2)19-10-9-18(16(19)20)8-3-11-21-15-6-4-14(12-17)5-7-15/h4-7,9-10,13H,3,8,11H2,1-2H3. The van der Waals surface area contributed by atoms with Gasteiger partial charge in [-0.15, -0.1) is 0 Å². The highest BCUT2D eigenvalue weighted by atomic mass is 16.5. The minimum Gasteiger partial charge on any atom is -0.494 e. The third-order valence-corrected chi connectivity index (χ3v) is 3.23. The Labute approximate surface area is 124 Å². The van der Waals surface area contributed by atoms with Gasteiger partial charge in [0.1, 0.15) is 5.75 Å². The Morgan fingerprint density at radius 2 is 1.95 bits per heavy atom. The molecule has 5 nitrogen and oxygen atoms in total. The van der Waals surface area contributed by atoms with Crippen molar-refractivity contribution in [3.05, 3.63) is 52.7 Å². The van der Waals surface area contributed by atoms with Crippen LogP contribution in [0.15, 0.2) is 41.5 Å². The van der Waals surface area contributed by atoms with Crippen LogP contribution in [0.4, 0.5) is 0 Å². The summed E-state index contributed by atoms with van der Waals surface area (Å²) >= 11 is 0. The number of ether oxygens (including phenoxy) is 1. The zero-order chi connectivity index (χ0) is 15.2. The minimum absolute atomic E-state index is 0.0170. The number of imidazole rings is 1. The molecule has 110 valence electrons. The molecule has 21 heavy (non-hydrogen) atoms. The highest BCUT2D eigenvalue weighted by Gasteiger charge is 2.05. The van der Waals surface area contributed by atoms with Crippen molar-refractivity contribution in [2.75, 3.05) is 6.61 Å². The lowest BCUT2D eigenvalue weighted by atomic mass is 10.2. The van der Waals surface area contributed by atoms with Crippen molar-refractivity contribution in [2.24, 2.45) is 0 Å². The van der Waals surface area contributed by atoms with Crippen molar-refractivity contribution in [1.82, 2.24) is 9.13 Å². The van der Waals surface area contributed by atoms with Crippen LogP contribution in [0.1, 0.15) is 31.9 Å². The first-order valence-corrected chi connectivity index (χ1v) is 7.02. The van der Waals surface area contributed by atoms with Crippen LogP contribution < -0.4 is 10.4 Å². The van der Waals surface area contributed by atoms with Gasteiger partial charge >= 0.3 is 5.69 Å². The molecule has 1 aromatic heterocycles. The van der Waals surface area contributed by atoms with Crippen molar-refractivity contribution in [3.63, 3.8) is 0 Å². The molecule has 0 saturated heterocycles. The Balaban J connectivity index is 1.82. The maximum absolute atomic E-state index is 12.0. The number of hydrogen-bond donors (Lipinski definition) is 0. The van der Waals surface area contributed by atoms with Crippen LogP contribution in [0.2, 0.25) is 0 Å². The van der Waals surface area contributed by atoms with E-state index in [4.69, 9.17) is 10.00 Å². The first kappa shape index (κ1) is 14.9. The van der Waals surface area contributed by atoms with Gasteiger partial charge in [0, 0.05) is 25.0 Å². The smallest absolute Gasteiger partial charge is 0.328 e. The summed E-state index contributed by atoms with van der Waals surface area (Å²) in [7, 11) is 0. The minimum atomic E-state index is 0.0170. The Hall–Kier alpha value is -2.48. The van der Waals surface area contributed by atoms with Crippen LogP contribution in [0.25, 0.3) is 0 Å². The zero-order valence-corrected chi connectivity index (χ0v) is 12.3. The largest absolute Gasteiger partial charge is 0.494 e. The van der Waals surface area contributed by atoms with E-state index in [1.807, 2.05) is 26.2 Å². The van der Waals surface area contributed by atoms with E-state index >= 15 is 0 Å². The fourth-order valence-electron chi connectivity index (χ4n) is 2.04. The van der Waals surface area contributed by atoms with E-state index in [9.17, 15) is 4.79 Å². The highest BCUT2D eigenvalue weighted by Crippen LogP contribution is 2.11. The van der Waals surface area contributed by atoms with Gasteiger partial charge in [-0.2, -0.15) is 5.26 Å². The summed E-state index contributed by atoms with van der Waals surface area (Å²) in [5.74, 6) is 0.737. The number of nitrogens with zero attached hydrogens (tertiary/aromatic N) is 3. The normalized spacial score (nSPS) is 10.6. The molecule has 0 spiro atoms. The van der Waals surface area contributed by atoms with Crippen LogP contribution in [0, 0.1) is 11.3 Å². The quantitative estimate of drug-likeness (QED) is 0.766. The van der Waals surface area contributed by atoms with Crippen LogP contribution >= 0.6 is 0 Å². The number of aryl methyl sites for hydroxylation is 1. The molecule has 1 aromatic carbocycles. The molecule has 0 radical (unpaired) electrons. The molecule has 0 aliphatic rings. The number of benzene rings is 1. The Kier molecular flexibility index (Phi) is 4.83. The number of nitriles is 1. The van der Waals surface area contributed by atoms with Crippen LogP contribution in [-0.2, 0) is 6.54 Å². The van der Waals surface area contributed by atoms with E-state index in [0.29, 0.717) is 18.7 Å². The second-order valence-electron chi connectivity index (χ2n) is 5.11. The molecule has 2 aromatic rings. The summed E-state index contributed by atoms with van der Waals surface area (Å²) in [5, 5.41) is 8.71. The highest BCUT2D eigenvalue weighted by molar-refractivity contribution is 5.34. The van der Waals surface area contributed by atoms with E-state index < -0.39 is 0 Å². The molecule has 0 fully saturated rings. The Morgan fingerprint density at radius 3 is 2.52 bits per heavy atom. The first-order chi connectivity index (χ1) is 10.1. The molecule has 0 saturated carbocycles. The van der Waals surface area contributed by atoms with Gasteiger partial charge < -0.3 is 4.74 Å². The van der Waals surface area contributed by atoms with Crippen molar-refractivity contribution in [2.45, 2.75) is 32.9 Å². The summed E-state index contributed by atoms with van der Waals surface area (Å²) in [4.78, 5) is 12.0. The summed E-state index contributed by atoms with van der Waals surface area (Å²) in [6.07, 6.45) is 4.38. The second kappa shape index (κ2) is 6.80. The van der Waals surface area contributed by atoms with Gasteiger partial charge in [0.2, 0.25) is 0 Å². The molecule has 0 atom stereocenters. The fraction of sp³-hybridized carbons (Fsp3) is 0.375. The Bertz CT molecular complexity index is 675. The molecule has 2 rings (SSSR count). The lowest BCUT2D eigenvalue weighted by molar-refractivity contribution is 0.300. The number of aromatic nitrogens is 2. The average molecular weight is 285 g/mol. The zero-order valence-electron chi connectivity index (χ0n) is 12.3. The lowest BCUT2D eigenvalue weighted by Gasteiger charge is -2.07. The van der Waals surface area contributed by atoms with Crippen molar-refractivity contribution in [3.8, 4) is 11.8 Å². The van der Waals surface area contributed by atoms with Gasteiger partial charge in [-0.05, 0) is 44.5 Å². The molecule has 0 aliphatic heterocycles. The molecule has 0 N–H and O–H groups in total. The molecule has 1 heterocycles. The third kappa shape index (κ3) is 3.76. The van der Waals surface area contributed by atoms with Gasteiger partial charge in [0.15, 0.2) is 0 Å². The summed E-state index contributed by atoms with van der Waals surface area (Å²) in [6, 6.07) is 9.24. The van der Waals surface area contributed by atoms with Crippen LogP contribution in [0.3, 0.4) is 0 Å². The van der Waals surface area contributed by atoms with E-state index in [2.05, 4.69) is 6.07 Å². The number of hydrogen-bond acceptors (Lipinski definition) is 3. The maximum Gasteiger partial charge on any atom is 0.328 e. The second-order valence-corrected chi connectivity index (χ2v) is 5.11. The molecular formula is C16H19N3O2. The molecule has 0 amide bonds. The number of rotatable bonds is 6. The van der Waals surface area contributed by atoms with Gasteiger partial charge in [0.05, 0.1) is 18.2 Å². The van der Waals surface area contributed by atoms with Crippen molar-refractivity contribution < 1.29 is 4.74 Å². The molecule has 0 unspecified atom stereocenters. The maximum atomic E-state index is 12.0. The van der Waals surface area contributed by atoms with Crippen LogP contribution in [-0.4, -0.2) is 15.7 Å². The van der Waals surface area contributed by atoms with Gasteiger partial charge in [-0.3, -0.25) is 9.13 Å². The summed E-state index contributed by atoms with van der Waals surface area (Å²) in [6.45, 7) is 5.14. The van der Waals surface area contributed by atoms with Gasteiger partial charge in [-0.25, -0.2) is 4.79 Å². The average Bonchev–Trinajstić information content (AvgIpc) is 2.85. The molecular weight excluding hydrogens is 266 g/mol. The van der Waals surface area contributed by atoms with Gasteiger partial charge in [-0.1, -0.05) is 0 Å². The molecule has 5 heteroatoms. The summed E-state index contributed by atoms with van der Waals surface area (Å²) < 4.78 is 9.00. The monoisotopic (exact) mass is 285 g/mol. The topological polar surface area (TPSA) is 59.9 Å².